The van der Waals surface area contributed by atoms with Crippen LogP contribution in [0.4, 0.5) is 0 Å². The maximum Gasteiger partial charge on any atom is 0.249 e. The minimum absolute atomic E-state index is 0.0205. The lowest BCUT2D eigenvalue weighted by Gasteiger charge is -2.40. The molecular formula is C25H31N5O. The van der Waals surface area contributed by atoms with Crippen molar-refractivity contribution in [2.24, 2.45) is 0 Å². The van der Waals surface area contributed by atoms with Crippen LogP contribution in [-0.4, -0.2) is 65.3 Å². The Bertz CT molecular complexity index is 929. The maximum atomic E-state index is 13.0. The first-order valence-corrected chi connectivity index (χ1v) is 11.0. The van der Waals surface area contributed by atoms with E-state index in [2.05, 4.69) is 57.6 Å². The molecule has 1 saturated heterocycles. The number of piperazine rings is 1. The number of rotatable bonds is 8. The Balaban J connectivity index is 1.34. The predicted molar refractivity (Wildman–Crippen MR) is 123 cm³/mol. The molecule has 6 nitrogen and oxygen atoms in total. The van der Waals surface area contributed by atoms with Gasteiger partial charge in [-0.3, -0.25) is 14.4 Å². The predicted octanol–water partition coefficient (Wildman–Crippen LogP) is 2.97. The average molecular weight is 418 g/mol. The lowest BCUT2D eigenvalue weighted by molar-refractivity contribution is -0.123. The summed E-state index contributed by atoms with van der Waals surface area (Å²) in [7, 11) is 2.19. The topological polar surface area (TPSA) is 53.4 Å². The largest absolute Gasteiger partial charge is 0.354 e. The first kappa shape index (κ1) is 21.3. The van der Waals surface area contributed by atoms with Gasteiger partial charge in [0, 0.05) is 51.2 Å². The van der Waals surface area contributed by atoms with Crippen molar-refractivity contribution in [2.75, 3.05) is 39.8 Å². The van der Waals surface area contributed by atoms with Crippen LogP contribution in [0.3, 0.4) is 0 Å². The van der Waals surface area contributed by atoms with Gasteiger partial charge in [0.25, 0.3) is 0 Å². The van der Waals surface area contributed by atoms with Crippen LogP contribution in [0.25, 0.3) is 0 Å². The van der Waals surface area contributed by atoms with Crippen molar-refractivity contribution < 1.29 is 4.79 Å². The van der Waals surface area contributed by atoms with E-state index in [-0.39, 0.29) is 5.91 Å². The summed E-state index contributed by atoms with van der Waals surface area (Å²) in [6.45, 7) is 4.77. The van der Waals surface area contributed by atoms with Crippen molar-refractivity contribution in [3.63, 3.8) is 0 Å². The van der Waals surface area contributed by atoms with Crippen LogP contribution < -0.4 is 5.32 Å². The summed E-state index contributed by atoms with van der Waals surface area (Å²) in [5.74, 6) is -0.0205. The Kier molecular flexibility index (Phi) is 7.12. The molecule has 0 spiro atoms. The monoisotopic (exact) mass is 417 g/mol. The van der Waals surface area contributed by atoms with Gasteiger partial charge >= 0.3 is 0 Å². The van der Waals surface area contributed by atoms with E-state index < -0.39 is 6.04 Å². The molecule has 1 amide bonds. The number of carbonyl (C=O) groups excluding carboxylic acids is 1. The molecule has 0 radical (unpaired) electrons. The number of hydrogen-bond donors (Lipinski definition) is 1. The number of hydrogen-bond acceptors (Lipinski definition) is 4. The highest BCUT2D eigenvalue weighted by Gasteiger charge is 2.26. The highest BCUT2D eigenvalue weighted by Crippen LogP contribution is 2.24. The number of amides is 1. The van der Waals surface area contributed by atoms with Crippen molar-refractivity contribution >= 4 is 5.91 Å². The first-order chi connectivity index (χ1) is 15.2. The molecule has 1 aliphatic rings. The standard InChI is InChI=1S/C25H31N5O/c1-28-18-19-29(23(20-28)21-10-4-2-5-11-21)16-8-14-26-25(31)24(30-17-9-15-27-30)22-12-6-3-7-13-22/h2-7,9-13,15,17,23-24H,8,14,16,18-20H2,1H3,(H,26,31). The molecular weight excluding hydrogens is 386 g/mol. The van der Waals surface area contributed by atoms with E-state index in [4.69, 9.17) is 0 Å². The van der Waals surface area contributed by atoms with Crippen molar-refractivity contribution in [3.8, 4) is 0 Å². The molecule has 2 heterocycles. The van der Waals surface area contributed by atoms with Gasteiger partial charge in [-0.05, 0) is 30.7 Å². The third-order valence-electron chi connectivity index (χ3n) is 5.95. The fraction of sp³-hybridized carbons (Fsp3) is 0.360. The average Bonchev–Trinajstić information content (AvgIpc) is 3.33. The van der Waals surface area contributed by atoms with Crippen LogP contribution in [0, 0.1) is 0 Å². The normalized spacial score (nSPS) is 18.5. The third kappa shape index (κ3) is 5.40. The lowest BCUT2D eigenvalue weighted by Crippen LogP contribution is -2.47. The maximum absolute atomic E-state index is 13.0. The number of nitrogens with zero attached hydrogens (tertiary/aromatic N) is 4. The SMILES string of the molecule is CN1CCN(CCCNC(=O)C(c2ccccc2)n2cccn2)C(c2ccccc2)C1. The second-order valence-electron chi connectivity index (χ2n) is 8.17. The minimum atomic E-state index is -0.447. The van der Waals surface area contributed by atoms with Gasteiger partial charge in [-0.15, -0.1) is 0 Å². The molecule has 2 atom stereocenters. The van der Waals surface area contributed by atoms with E-state index in [1.165, 1.54) is 5.56 Å². The molecule has 0 saturated carbocycles. The van der Waals surface area contributed by atoms with Crippen LogP contribution in [0.5, 0.6) is 0 Å². The Morgan fingerprint density at radius 2 is 1.81 bits per heavy atom. The van der Waals surface area contributed by atoms with Gasteiger partial charge in [0.15, 0.2) is 6.04 Å². The zero-order valence-electron chi connectivity index (χ0n) is 18.1. The molecule has 1 N–H and O–H groups in total. The summed E-state index contributed by atoms with van der Waals surface area (Å²) in [4.78, 5) is 18.0. The van der Waals surface area contributed by atoms with Crippen molar-refractivity contribution in [1.82, 2.24) is 24.9 Å². The number of benzene rings is 2. The second-order valence-corrected chi connectivity index (χ2v) is 8.17. The molecule has 31 heavy (non-hydrogen) atoms. The number of nitrogens with one attached hydrogen (secondary N) is 1. The molecule has 1 fully saturated rings. The van der Waals surface area contributed by atoms with Gasteiger partial charge in [-0.25, -0.2) is 0 Å². The molecule has 3 aromatic rings. The summed E-state index contributed by atoms with van der Waals surface area (Å²) in [5.41, 5.74) is 2.30. The van der Waals surface area contributed by atoms with E-state index in [1.807, 2.05) is 42.6 Å². The fourth-order valence-corrected chi connectivity index (χ4v) is 4.30. The summed E-state index contributed by atoms with van der Waals surface area (Å²) in [6, 6.07) is 22.3. The highest BCUT2D eigenvalue weighted by molar-refractivity contribution is 5.83. The smallest absolute Gasteiger partial charge is 0.249 e. The molecule has 2 aromatic carbocycles. The second kappa shape index (κ2) is 10.4. The quantitative estimate of drug-likeness (QED) is 0.573. The Hall–Kier alpha value is -2.96. The van der Waals surface area contributed by atoms with Crippen LogP contribution in [0.1, 0.15) is 29.6 Å². The number of aromatic nitrogens is 2. The van der Waals surface area contributed by atoms with Crippen LogP contribution >= 0.6 is 0 Å². The molecule has 1 aliphatic heterocycles. The van der Waals surface area contributed by atoms with Crippen LogP contribution in [0.15, 0.2) is 79.1 Å². The third-order valence-corrected chi connectivity index (χ3v) is 5.95. The van der Waals surface area contributed by atoms with Crippen molar-refractivity contribution in [3.05, 3.63) is 90.3 Å². The molecule has 0 bridgehead atoms. The van der Waals surface area contributed by atoms with Crippen LogP contribution in [-0.2, 0) is 4.79 Å². The summed E-state index contributed by atoms with van der Waals surface area (Å²) < 4.78 is 1.72. The van der Waals surface area contributed by atoms with E-state index in [1.54, 1.807) is 10.9 Å². The van der Waals surface area contributed by atoms with Gasteiger partial charge < -0.3 is 10.2 Å². The minimum Gasteiger partial charge on any atom is -0.354 e. The number of likely N-dealkylation sites (N-methyl/N-ethyl adjacent to an activating group) is 1. The van der Waals surface area contributed by atoms with Gasteiger partial charge in [0.05, 0.1) is 0 Å². The van der Waals surface area contributed by atoms with Gasteiger partial charge in [-0.1, -0.05) is 60.7 Å². The van der Waals surface area contributed by atoms with E-state index in [9.17, 15) is 4.79 Å². The van der Waals surface area contributed by atoms with E-state index >= 15 is 0 Å². The molecule has 2 unspecified atom stereocenters. The molecule has 0 aliphatic carbocycles. The first-order valence-electron chi connectivity index (χ1n) is 11.0. The van der Waals surface area contributed by atoms with E-state index in [0.717, 1.165) is 38.2 Å². The van der Waals surface area contributed by atoms with Crippen LogP contribution in [0.2, 0.25) is 0 Å². The molecule has 1 aromatic heterocycles. The molecule has 162 valence electrons. The zero-order valence-corrected chi connectivity index (χ0v) is 18.1. The molecule has 6 heteroatoms. The zero-order chi connectivity index (χ0) is 21.5. The highest BCUT2D eigenvalue weighted by atomic mass is 16.2. The summed E-state index contributed by atoms with van der Waals surface area (Å²) in [6.07, 6.45) is 4.46. The van der Waals surface area contributed by atoms with Crippen molar-refractivity contribution in [2.45, 2.75) is 18.5 Å². The fourth-order valence-electron chi connectivity index (χ4n) is 4.30. The van der Waals surface area contributed by atoms with E-state index in [0.29, 0.717) is 12.6 Å². The Labute approximate surface area is 184 Å². The van der Waals surface area contributed by atoms with Gasteiger partial charge in [0.1, 0.15) is 0 Å². The Morgan fingerprint density at radius 3 is 2.52 bits per heavy atom. The molecule has 4 rings (SSSR count). The number of carbonyl (C=O) groups is 1. The van der Waals surface area contributed by atoms with Gasteiger partial charge in [0.2, 0.25) is 5.91 Å². The lowest BCUT2D eigenvalue weighted by atomic mass is 10.0. The van der Waals surface area contributed by atoms with Crippen molar-refractivity contribution in [1.29, 1.82) is 0 Å². The van der Waals surface area contributed by atoms with Gasteiger partial charge in [-0.2, -0.15) is 5.10 Å². The Morgan fingerprint density at radius 1 is 1.06 bits per heavy atom. The summed E-state index contributed by atoms with van der Waals surface area (Å²) in [5, 5.41) is 7.44. The summed E-state index contributed by atoms with van der Waals surface area (Å²) >= 11 is 0.